The van der Waals surface area contributed by atoms with Crippen molar-refractivity contribution in [3.63, 3.8) is 0 Å². The molecule has 2 atom stereocenters. The van der Waals surface area contributed by atoms with Crippen molar-refractivity contribution in [3.8, 4) is 11.4 Å². The van der Waals surface area contributed by atoms with E-state index >= 15 is 0 Å². The summed E-state index contributed by atoms with van der Waals surface area (Å²) in [6, 6.07) is 4.43. The fourth-order valence-corrected chi connectivity index (χ4v) is 3.44. The molecule has 0 radical (unpaired) electrons. The van der Waals surface area contributed by atoms with Crippen LogP contribution in [0.3, 0.4) is 0 Å². The molecule has 1 aliphatic rings. The Hall–Kier alpha value is -1.49. The van der Waals surface area contributed by atoms with Gasteiger partial charge in [0.1, 0.15) is 0 Å². The Morgan fingerprint density at radius 2 is 1.95 bits per heavy atom. The van der Waals surface area contributed by atoms with Crippen LogP contribution >= 0.6 is 12.2 Å². The Morgan fingerprint density at radius 3 is 2.75 bits per heavy atom. The van der Waals surface area contributed by atoms with Crippen LogP contribution in [-0.4, -0.2) is 19.7 Å². The third kappa shape index (κ3) is 2.54. The van der Waals surface area contributed by atoms with Crippen molar-refractivity contribution in [2.45, 2.75) is 45.1 Å². The fraction of sp³-hybridized carbons (Fsp3) is 0.533. The molecule has 20 heavy (non-hydrogen) atoms. The Labute approximate surface area is 124 Å². The zero-order valence-corrected chi connectivity index (χ0v) is 12.6. The summed E-state index contributed by atoms with van der Waals surface area (Å²) in [5, 5.41) is 7.41. The predicted octanol–water partition coefficient (Wildman–Crippen LogP) is 4.14. The van der Waals surface area contributed by atoms with Crippen LogP contribution in [0.15, 0.2) is 24.5 Å². The first kappa shape index (κ1) is 13.5. The van der Waals surface area contributed by atoms with Gasteiger partial charge < -0.3 is 0 Å². The molecule has 106 valence electrons. The molecule has 2 heterocycles. The summed E-state index contributed by atoms with van der Waals surface area (Å²) in [6.45, 7) is 2.33. The summed E-state index contributed by atoms with van der Waals surface area (Å²) < 4.78 is 2.95. The lowest BCUT2D eigenvalue weighted by Gasteiger charge is -2.24. The van der Waals surface area contributed by atoms with E-state index in [0.29, 0.717) is 12.0 Å². The molecule has 2 unspecified atom stereocenters. The lowest BCUT2D eigenvalue weighted by molar-refractivity contribution is 0.333. The van der Waals surface area contributed by atoms with Crippen LogP contribution in [0.25, 0.3) is 11.4 Å². The molecule has 3 rings (SSSR count). The van der Waals surface area contributed by atoms with Crippen LogP contribution in [0.2, 0.25) is 0 Å². The van der Waals surface area contributed by atoms with Crippen LogP contribution in [0.5, 0.6) is 0 Å². The molecule has 0 aliphatic heterocycles. The standard InChI is InChI=1S/C15H20N4S/c1-11-5-3-2-4-6-13(11)19-14(17-18-15(19)20)12-7-9-16-10-8-12/h7-11,13H,2-6H2,1H3,(H,18,20). The van der Waals surface area contributed by atoms with Gasteiger partial charge >= 0.3 is 0 Å². The number of nitrogens with one attached hydrogen (secondary N) is 1. The molecule has 0 amide bonds. The quantitative estimate of drug-likeness (QED) is 0.667. The highest BCUT2D eigenvalue weighted by molar-refractivity contribution is 7.71. The van der Waals surface area contributed by atoms with Gasteiger partial charge in [0.05, 0.1) is 0 Å². The first-order valence-electron chi connectivity index (χ1n) is 7.34. The summed E-state index contributed by atoms with van der Waals surface area (Å²) >= 11 is 5.48. The molecule has 1 aliphatic carbocycles. The number of aromatic nitrogens is 4. The Morgan fingerprint density at radius 1 is 1.20 bits per heavy atom. The molecule has 1 fully saturated rings. The van der Waals surface area contributed by atoms with Gasteiger partial charge in [0.2, 0.25) is 0 Å². The van der Waals surface area contributed by atoms with Crippen molar-refractivity contribution in [3.05, 3.63) is 29.3 Å². The van der Waals surface area contributed by atoms with E-state index in [1.54, 1.807) is 12.4 Å². The second-order valence-corrected chi connectivity index (χ2v) is 6.03. The molecule has 5 heteroatoms. The van der Waals surface area contributed by atoms with E-state index in [1.165, 1.54) is 32.1 Å². The highest BCUT2D eigenvalue weighted by atomic mass is 32.1. The molecule has 0 bridgehead atoms. The number of nitrogens with zero attached hydrogens (tertiary/aromatic N) is 3. The Kier molecular flexibility index (Phi) is 3.96. The maximum Gasteiger partial charge on any atom is 0.195 e. The fourth-order valence-electron chi connectivity index (χ4n) is 3.17. The van der Waals surface area contributed by atoms with Gasteiger partial charge in [-0.05, 0) is 43.1 Å². The first-order chi connectivity index (χ1) is 9.77. The number of rotatable bonds is 2. The van der Waals surface area contributed by atoms with Gasteiger partial charge in [0.15, 0.2) is 10.6 Å². The highest BCUT2D eigenvalue weighted by Gasteiger charge is 2.25. The summed E-state index contributed by atoms with van der Waals surface area (Å²) in [6.07, 6.45) is 9.99. The van der Waals surface area contributed by atoms with Crippen LogP contribution in [0.1, 0.15) is 45.1 Å². The smallest absolute Gasteiger partial charge is 0.195 e. The minimum Gasteiger partial charge on any atom is -0.297 e. The highest BCUT2D eigenvalue weighted by Crippen LogP contribution is 2.35. The van der Waals surface area contributed by atoms with Gasteiger partial charge in [0, 0.05) is 24.0 Å². The van der Waals surface area contributed by atoms with Crippen LogP contribution in [0.4, 0.5) is 0 Å². The maximum absolute atomic E-state index is 5.48. The van der Waals surface area contributed by atoms with E-state index in [1.807, 2.05) is 12.1 Å². The second-order valence-electron chi connectivity index (χ2n) is 5.64. The van der Waals surface area contributed by atoms with Crippen molar-refractivity contribution in [1.82, 2.24) is 19.7 Å². The van der Waals surface area contributed by atoms with E-state index < -0.39 is 0 Å². The molecule has 0 spiro atoms. The monoisotopic (exact) mass is 288 g/mol. The zero-order chi connectivity index (χ0) is 13.9. The SMILES string of the molecule is CC1CCCCCC1n1c(-c2ccncc2)n[nH]c1=S. The van der Waals surface area contributed by atoms with Crippen LogP contribution < -0.4 is 0 Å². The van der Waals surface area contributed by atoms with E-state index in [2.05, 4.69) is 26.7 Å². The summed E-state index contributed by atoms with van der Waals surface area (Å²) in [5.74, 6) is 1.58. The predicted molar refractivity (Wildman–Crippen MR) is 81.9 cm³/mol. The van der Waals surface area contributed by atoms with E-state index in [0.717, 1.165) is 16.2 Å². The van der Waals surface area contributed by atoms with Crippen molar-refractivity contribution in [2.24, 2.45) is 5.92 Å². The molecule has 0 aromatic carbocycles. The van der Waals surface area contributed by atoms with E-state index in [9.17, 15) is 0 Å². The van der Waals surface area contributed by atoms with Crippen molar-refractivity contribution >= 4 is 12.2 Å². The van der Waals surface area contributed by atoms with Crippen LogP contribution in [-0.2, 0) is 0 Å². The summed E-state index contributed by atoms with van der Waals surface area (Å²) in [5.41, 5.74) is 1.07. The van der Waals surface area contributed by atoms with Gasteiger partial charge in [-0.2, -0.15) is 5.10 Å². The molecule has 1 N–H and O–H groups in total. The Balaban J connectivity index is 2.05. The van der Waals surface area contributed by atoms with E-state index in [-0.39, 0.29) is 0 Å². The summed E-state index contributed by atoms with van der Waals surface area (Å²) in [7, 11) is 0. The number of aromatic amines is 1. The maximum atomic E-state index is 5.48. The average Bonchev–Trinajstić information content (AvgIpc) is 2.72. The van der Waals surface area contributed by atoms with Gasteiger partial charge in [0.25, 0.3) is 0 Å². The van der Waals surface area contributed by atoms with Gasteiger partial charge in [-0.15, -0.1) is 0 Å². The minimum absolute atomic E-state index is 0.451. The topological polar surface area (TPSA) is 46.5 Å². The van der Waals surface area contributed by atoms with Gasteiger partial charge in [-0.3, -0.25) is 14.6 Å². The molecular weight excluding hydrogens is 268 g/mol. The minimum atomic E-state index is 0.451. The lowest BCUT2D eigenvalue weighted by atomic mass is 9.96. The third-order valence-electron chi connectivity index (χ3n) is 4.29. The Bertz CT molecular complexity index is 616. The molecule has 1 saturated carbocycles. The number of pyridine rings is 1. The number of hydrogen-bond donors (Lipinski definition) is 1. The number of H-pyrrole nitrogens is 1. The van der Waals surface area contributed by atoms with Crippen molar-refractivity contribution < 1.29 is 0 Å². The molecule has 0 saturated heterocycles. The summed E-state index contributed by atoms with van der Waals surface area (Å²) in [4.78, 5) is 4.08. The molecule has 2 aromatic rings. The van der Waals surface area contributed by atoms with Crippen molar-refractivity contribution in [2.75, 3.05) is 0 Å². The molecule has 4 nitrogen and oxygen atoms in total. The van der Waals surface area contributed by atoms with E-state index in [4.69, 9.17) is 12.2 Å². The second kappa shape index (κ2) is 5.87. The normalized spacial score (nSPS) is 23.4. The van der Waals surface area contributed by atoms with Crippen molar-refractivity contribution in [1.29, 1.82) is 0 Å². The first-order valence-corrected chi connectivity index (χ1v) is 7.75. The average molecular weight is 288 g/mol. The van der Waals surface area contributed by atoms with Gasteiger partial charge in [-0.1, -0.05) is 26.2 Å². The van der Waals surface area contributed by atoms with Gasteiger partial charge in [-0.25, -0.2) is 0 Å². The zero-order valence-electron chi connectivity index (χ0n) is 11.7. The van der Waals surface area contributed by atoms with Crippen LogP contribution in [0, 0.1) is 10.7 Å². The molecule has 2 aromatic heterocycles. The molecular formula is C15H20N4S. The third-order valence-corrected chi connectivity index (χ3v) is 4.58. The number of hydrogen-bond acceptors (Lipinski definition) is 3. The largest absolute Gasteiger partial charge is 0.297 e. The lowest BCUT2D eigenvalue weighted by Crippen LogP contribution is -2.17.